The number of hydrogen-bond acceptors (Lipinski definition) is 3. The van der Waals surface area contributed by atoms with Gasteiger partial charge in [-0.2, -0.15) is 0 Å². The second-order valence-electron chi connectivity index (χ2n) is 4.91. The number of sulfonamides is 1. The molecule has 0 heterocycles. The van der Waals surface area contributed by atoms with Crippen LogP contribution in [0.4, 0.5) is 0 Å². The lowest BCUT2D eigenvalue weighted by Gasteiger charge is -2.06. The van der Waals surface area contributed by atoms with Crippen molar-refractivity contribution in [1.29, 1.82) is 0 Å². The first-order chi connectivity index (χ1) is 9.99. The van der Waals surface area contributed by atoms with E-state index in [1.54, 1.807) is 24.3 Å². The van der Waals surface area contributed by atoms with E-state index in [0.29, 0.717) is 12.8 Å². The summed E-state index contributed by atoms with van der Waals surface area (Å²) in [5.41, 5.74) is 0.953. The van der Waals surface area contributed by atoms with E-state index in [4.69, 9.17) is 0 Å². The lowest BCUT2D eigenvalue weighted by molar-refractivity contribution is -0.121. The van der Waals surface area contributed by atoms with Gasteiger partial charge in [-0.15, -0.1) is 0 Å². The average Bonchev–Trinajstić information content (AvgIpc) is 2.50. The van der Waals surface area contributed by atoms with Gasteiger partial charge in [0.1, 0.15) is 0 Å². The van der Waals surface area contributed by atoms with Crippen LogP contribution < -0.4 is 10.0 Å². The van der Waals surface area contributed by atoms with E-state index in [1.807, 2.05) is 0 Å². The summed E-state index contributed by atoms with van der Waals surface area (Å²) in [6.07, 6.45) is 4.31. The topological polar surface area (TPSA) is 75.3 Å². The molecule has 118 valence electrons. The summed E-state index contributed by atoms with van der Waals surface area (Å²) in [5.74, 6) is 0.0398. The molecule has 1 amide bonds. The third kappa shape index (κ3) is 6.27. The highest BCUT2D eigenvalue weighted by molar-refractivity contribution is 7.89. The summed E-state index contributed by atoms with van der Waals surface area (Å²) >= 11 is 0. The highest BCUT2D eigenvalue weighted by Crippen LogP contribution is 2.11. The molecule has 0 unspecified atom stereocenters. The standard InChI is InChI=1S/C15H24N2O3S/c1-3-4-5-12-17-15(18)11-8-13-6-9-14(10-7-13)21(19,20)16-2/h6-7,9-10,16H,3-5,8,11-12H2,1-2H3,(H,17,18). The van der Waals surface area contributed by atoms with Gasteiger partial charge in [-0.3, -0.25) is 4.79 Å². The number of nitrogens with one attached hydrogen (secondary N) is 2. The van der Waals surface area contributed by atoms with E-state index >= 15 is 0 Å². The minimum atomic E-state index is -3.39. The predicted octanol–water partition coefficient (Wildman–Crippen LogP) is 1.83. The molecule has 1 aromatic rings. The quantitative estimate of drug-likeness (QED) is 0.683. The highest BCUT2D eigenvalue weighted by atomic mass is 32.2. The van der Waals surface area contributed by atoms with Crippen LogP contribution in [0.2, 0.25) is 0 Å². The van der Waals surface area contributed by atoms with Crippen LogP contribution >= 0.6 is 0 Å². The molecule has 1 aromatic carbocycles. The fourth-order valence-electron chi connectivity index (χ4n) is 1.90. The molecular formula is C15H24N2O3S. The van der Waals surface area contributed by atoms with Crippen LogP contribution in [0.5, 0.6) is 0 Å². The molecule has 0 aliphatic carbocycles. The largest absolute Gasteiger partial charge is 0.356 e. The first-order valence-corrected chi connectivity index (χ1v) is 8.77. The Balaban J connectivity index is 2.41. The van der Waals surface area contributed by atoms with Gasteiger partial charge in [0.05, 0.1) is 4.90 Å². The Hall–Kier alpha value is -1.40. The zero-order valence-corrected chi connectivity index (χ0v) is 13.5. The van der Waals surface area contributed by atoms with Crippen LogP contribution in [0.25, 0.3) is 0 Å². The summed E-state index contributed by atoms with van der Waals surface area (Å²) in [5, 5.41) is 2.89. The maximum absolute atomic E-state index is 11.6. The SMILES string of the molecule is CCCCCNC(=O)CCc1ccc(S(=O)(=O)NC)cc1. The fourth-order valence-corrected chi connectivity index (χ4v) is 2.63. The minimum Gasteiger partial charge on any atom is -0.356 e. The normalized spacial score (nSPS) is 11.3. The molecule has 0 fully saturated rings. The number of carbonyl (C=O) groups is 1. The molecule has 0 aromatic heterocycles. The lowest BCUT2D eigenvalue weighted by atomic mass is 10.1. The van der Waals surface area contributed by atoms with E-state index in [-0.39, 0.29) is 10.8 Å². The first kappa shape index (κ1) is 17.7. The summed E-state index contributed by atoms with van der Waals surface area (Å²) in [6, 6.07) is 6.60. The molecule has 0 spiro atoms. The van der Waals surface area contributed by atoms with Gasteiger partial charge in [0.2, 0.25) is 15.9 Å². The highest BCUT2D eigenvalue weighted by Gasteiger charge is 2.10. The molecule has 21 heavy (non-hydrogen) atoms. The van der Waals surface area contributed by atoms with Crippen molar-refractivity contribution in [2.24, 2.45) is 0 Å². The molecule has 0 aliphatic rings. The average molecular weight is 312 g/mol. The Morgan fingerprint density at radius 2 is 1.81 bits per heavy atom. The van der Waals surface area contributed by atoms with Gasteiger partial charge in [0.25, 0.3) is 0 Å². The number of carbonyl (C=O) groups excluding carboxylic acids is 1. The monoisotopic (exact) mass is 312 g/mol. The van der Waals surface area contributed by atoms with Gasteiger partial charge in [0.15, 0.2) is 0 Å². The zero-order valence-electron chi connectivity index (χ0n) is 12.7. The van der Waals surface area contributed by atoms with Crippen LogP contribution in [0.15, 0.2) is 29.2 Å². The molecule has 2 N–H and O–H groups in total. The third-order valence-electron chi connectivity index (χ3n) is 3.25. The summed E-state index contributed by atoms with van der Waals surface area (Å²) in [6.45, 7) is 2.85. The van der Waals surface area contributed by atoms with Gasteiger partial charge in [-0.1, -0.05) is 31.9 Å². The van der Waals surface area contributed by atoms with E-state index in [1.165, 1.54) is 7.05 Å². The van der Waals surface area contributed by atoms with Crippen molar-refractivity contribution in [3.05, 3.63) is 29.8 Å². The second-order valence-corrected chi connectivity index (χ2v) is 6.80. The number of hydrogen-bond donors (Lipinski definition) is 2. The molecule has 1 rings (SSSR count). The van der Waals surface area contributed by atoms with Crippen molar-refractivity contribution in [3.63, 3.8) is 0 Å². The summed E-state index contributed by atoms with van der Waals surface area (Å²) in [7, 11) is -2.01. The van der Waals surface area contributed by atoms with Crippen molar-refractivity contribution >= 4 is 15.9 Å². The molecule has 0 saturated heterocycles. The number of aryl methyl sites for hydroxylation is 1. The Bertz CT molecular complexity index is 539. The van der Waals surface area contributed by atoms with Gasteiger partial charge in [0, 0.05) is 13.0 Å². The van der Waals surface area contributed by atoms with Gasteiger partial charge < -0.3 is 5.32 Å². The predicted molar refractivity (Wildman–Crippen MR) is 83.5 cm³/mol. The van der Waals surface area contributed by atoms with Crippen molar-refractivity contribution < 1.29 is 13.2 Å². The minimum absolute atomic E-state index is 0.0398. The van der Waals surface area contributed by atoms with Crippen molar-refractivity contribution in [3.8, 4) is 0 Å². The van der Waals surface area contributed by atoms with Crippen molar-refractivity contribution in [2.75, 3.05) is 13.6 Å². The number of unbranched alkanes of at least 4 members (excludes halogenated alkanes) is 2. The second kappa shape index (κ2) is 8.79. The number of benzene rings is 1. The van der Waals surface area contributed by atoms with Crippen molar-refractivity contribution in [2.45, 2.75) is 43.9 Å². The van der Waals surface area contributed by atoms with Crippen LogP contribution in [0.3, 0.4) is 0 Å². The summed E-state index contributed by atoms with van der Waals surface area (Å²) in [4.78, 5) is 11.9. The van der Waals surface area contributed by atoms with E-state index in [0.717, 1.165) is 31.4 Å². The Morgan fingerprint density at radius 1 is 1.14 bits per heavy atom. The van der Waals surface area contributed by atoms with Gasteiger partial charge in [-0.05, 0) is 37.6 Å². The maximum Gasteiger partial charge on any atom is 0.240 e. The van der Waals surface area contributed by atoms with E-state index in [9.17, 15) is 13.2 Å². The zero-order chi connectivity index (χ0) is 15.7. The van der Waals surface area contributed by atoms with Crippen LogP contribution in [0.1, 0.15) is 38.2 Å². The molecule has 0 atom stereocenters. The van der Waals surface area contributed by atoms with Crippen LogP contribution in [-0.2, 0) is 21.2 Å². The third-order valence-corrected chi connectivity index (χ3v) is 4.68. The Morgan fingerprint density at radius 3 is 2.38 bits per heavy atom. The van der Waals surface area contributed by atoms with E-state index in [2.05, 4.69) is 17.0 Å². The maximum atomic E-state index is 11.6. The van der Waals surface area contributed by atoms with Gasteiger partial charge >= 0.3 is 0 Å². The van der Waals surface area contributed by atoms with Gasteiger partial charge in [-0.25, -0.2) is 13.1 Å². The number of rotatable bonds is 9. The molecule has 0 radical (unpaired) electrons. The molecule has 0 saturated carbocycles. The molecule has 5 nitrogen and oxygen atoms in total. The van der Waals surface area contributed by atoms with Crippen LogP contribution in [-0.4, -0.2) is 27.9 Å². The Labute approximate surface area is 127 Å². The molecule has 0 bridgehead atoms. The Kier molecular flexibility index (Phi) is 7.39. The fraction of sp³-hybridized carbons (Fsp3) is 0.533. The molecule has 0 aliphatic heterocycles. The summed E-state index contributed by atoms with van der Waals surface area (Å²) < 4.78 is 25.4. The van der Waals surface area contributed by atoms with Crippen LogP contribution in [0, 0.1) is 0 Å². The lowest BCUT2D eigenvalue weighted by Crippen LogP contribution is -2.24. The smallest absolute Gasteiger partial charge is 0.240 e. The first-order valence-electron chi connectivity index (χ1n) is 7.28. The van der Waals surface area contributed by atoms with E-state index < -0.39 is 10.0 Å². The molecular weight excluding hydrogens is 288 g/mol. The molecule has 6 heteroatoms. The number of amides is 1. The van der Waals surface area contributed by atoms with Crippen molar-refractivity contribution in [1.82, 2.24) is 10.0 Å².